The maximum Gasteiger partial charge on any atom is 0.226 e. The van der Waals surface area contributed by atoms with Crippen LogP contribution in [-0.2, 0) is 14.3 Å². The van der Waals surface area contributed by atoms with Crippen LogP contribution in [0.1, 0.15) is 32.1 Å². The first-order chi connectivity index (χ1) is 8.77. The molecule has 2 aliphatic heterocycles. The van der Waals surface area contributed by atoms with Crippen molar-refractivity contribution in [1.29, 1.82) is 0 Å². The van der Waals surface area contributed by atoms with Crippen molar-refractivity contribution in [3.63, 3.8) is 0 Å². The van der Waals surface area contributed by atoms with Gasteiger partial charge in [-0.2, -0.15) is 0 Å². The van der Waals surface area contributed by atoms with Crippen molar-refractivity contribution in [3.05, 3.63) is 0 Å². The van der Waals surface area contributed by atoms with Gasteiger partial charge in [-0.25, -0.2) is 0 Å². The number of hydrogen-bond acceptors (Lipinski definition) is 3. The van der Waals surface area contributed by atoms with E-state index < -0.39 is 5.79 Å². The highest BCUT2D eigenvalue weighted by molar-refractivity contribution is 5.82. The van der Waals surface area contributed by atoms with E-state index in [4.69, 9.17) is 9.47 Å². The number of amides is 1. The molecule has 18 heavy (non-hydrogen) atoms. The van der Waals surface area contributed by atoms with Gasteiger partial charge in [-0.15, -0.1) is 0 Å². The Balaban J connectivity index is 1.40. The number of rotatable bonds is 2. The van der Waals surface area contributed by atoms with Crippen LogP contribution in [0, 0.1) is 17.8 Å². The van der Waals surface area contributed by atoms with E-state index in [2.05, 4.69) is 0 Å². The van der Waals surface area contributed by atoms with Crippen LogP contribution in [0.25, 0.3) is 0 Å². The lowest BCUT2D eigenvalue weighted by atomic mass is 10.0. The Morgan fingerprint density at radius 1 is 1.22 bits per heavy atom. The number of carbonyl (C=O) groups excluding carboxylic acids is 1. The lowest BCUT2D eigenvalue weighted by Crippen LogP contribution is -2.51. The molecule has 0 bridgehead atoms. The van der Waals surface area contributed by atoms with E-state index in [9.17, 15) is 4.79 Å². The highest BCUT2D eigenvalue weighted by atomic mass is 16.7. The minimum atomic E-state index is -0.460. The second kappa shape index (κ2) is 3.94. The summed E-state index contributed by atoms with van der Waals surface area (Å²) in [6, 6.07) is 0. The first-order valence-electron chi connectivity index (χ1n) is 7.34. The topological polar surface area (TPSA) is 38.8 Å². The molecule has 2 heterocycles. The van der Waals surface area contributed by atoms with Crippen molar-refractivity contribution >= 4 is 5.91 Å². The second-order valence-corrected chi connectivity index (χ2v) is 6.31. The number of piperidine rings is 1. The van der Waals surface area contributed by atoms with Crippen LogP contribution in [0.5, 0.6) is 0 Å². The fourth-order valence-corrected chi connectivity index (χ4v) is 3.69. The molecule has 2 aliphatic carbocycles. The quantitative estimate of drug-likeness (QED) is 0.744. The Morgan fingerprint density at radius 2 is 2.00 bits per heavy atom. The SMILES string of the molecule is O=C(C1CC1C1CC1)N1CCCC2(C1)OCCO2. The fourth-order valence-electron chi connectivity index (χ4n) is 3.69. The number of hydrogen-bond donors (Lipinski definition) is 0. The number of likely N-dealkylation sites (tertiary alicyclic amines) is 1. The van der Waals surface area contributed by atoms with Crippen LogP contribution in [-0.4, -0.2) is 42.9 Å². The average molecular weight is 251 g/mol. The van der Waals surface area contributed by atoms with Gasteiger partial charge < -0.3 is 14.4 Å². The predicted molar refractivity (Wildman–Crippen MR) is 64.8 cm³/mol. The summed E-state index contributed by atoms with van der Waals surface area (Å²) in [6.07, 6.45) is 5.78. The molecule has 0 aromatic carbocycles. The number of nitrogens with zero attached hydrogens (tertiary/aromatic N) is 1. The van der Waals surface area contributed by atoms with E-state index in [1.807, 2.05) is 4.90 Å². The van der Waals surface area contributed by atoms with Gasteiger partial charge in [-0.3, -0.25) is 4.79 Å². The van der Waals surface area contributed by atoms with Gasteiger partial charge in [-0.1, -0.05) is 0 Å². The highest BCUT2D eigenvalue weighted by Crippen LogP contribution is 2.55. The minimum absolute atomic E-state index is 0.328. The molecule has 1 amide bonds. The lowest BCUT2D eigenvalue weighted by molar-refractivity contribution is -0.193. The van der Waals surface area contributed by atoms with Crippen molar-refractivity contribution in [2.24, 2.45) is 17.8 Å². The van der Waals surface area contributed by atoms with E-state index in [1.54, 1.807) is 0 Å². The molecule has 2 atom stereocenters. The molecule has 2 unspecified atom stereocenters. The molecular weight excluding hydrogens is 230 g/mol. The third kappa shape index (κ3) is 1.86. The molecule has 4 heteroatoms. The van der Waals surface area contributed by atoms with Crippen LogP contribution in [0.3, 0.4) is 0 Å². The Morgan fingerprint density at radius 3 is 2.72 bits per heavy atom. The molecule has 100 valence electrons. The molecule has 4 nitrogen and oxygen atoms in total. The van der Waals surface area contributed by atoms with Gasteiger partial charge in [0.1, 0.15) is 0 Å². The van der Waals surface area contributed by atoms with Crippen molar-refractivity contribution in [1.82, 2.24) is 4.90 Å². The van der Waals surface area contributed by atoms with E-state index in [0.717, 1.165) is 31.7 Å². The van der Waals surface area contributed by atoms with E-state index in [0.29, 0.717) is 37.5 Å². The largest absolute Gasteiger partial charge is 0.346 e. The van der Waals surface area contributed by atoms with Crippen molar-refractivity contribution in [3.8, 4) is 0 Å². The van der Waals surface area contributed by atoms with Crippen LogP contribution < -0.4 is 0 Å². The summed E-state index contributed by atoms with van der Waals surface area (Å²) in [5, 5.41) is 0. The Labute approximate surface area is 108 Å². The monoisotopic (exact) mass is 251 g/mol. The maximum atomic E-state index is 12.5. The third-order valence-corrected chi connectivity index (χ3v) is 4.93. The van der Waals surface area contributed by atoms with E-state index >= 15 is 0 Å². The molecule has 4 aliphatic rings. The summed E-state index contributed by atoms with van der Waals surface area (Å²) in [6.45, 7) is 2.90. The smallest absolute Gasteiger partial charge is 0.226 e. The van der Waals surface area contributed by atoms with Gasteiger partial charge in [-0.05, 0) is 37.5 Å². The molecular formula is C14H21NO3. The van der Waals surface area contributed by atoms with Gasteiger partial charge in [0.05, 0.1) is 19.8 Å². The lowest BCUT2D eigenvalue weighted by Gasteiger charge is -2.38. The Hall–Kier alpha value is -0.610. The van der Waals surface area contributed by atoms with Crippen LogP contribution in [0.2, 0.25) is 0 Å². The Kier molecular flexibility index (Phi) is 2.46. The first-order valence-corrected chi connectivity index (χ1v) is 7.34. The molecule has 0 aromatic rings. The Bertz CT molecular complexity index is 360. The summed E-state index contributed by atoms with van der Waals surface area (Å²) < 4.78 is 11.5. The molecule has 0 radical (unpaired) electrons. The zero-order valence-electron chi connectivity index (χ0n) is 10.8. The third-order valence-electron chi connectivity index (χ3n) is 4.93. The summed E-state index contributed by atoms with van der Waals surface area (Å²) >= 11 is 0. The van der Waals surface area contributed by atoms with E-state index in [1.165, 1.54) is 12.8 Å². The predicted octanol–water partition coefficient (Wildman–Crippen LogP) is 1.40. The normalized spacial score (nSPS) is 38.1. The standard InChI is InChI=1S/C14H21NO3/c16-13(12-8-11(12)10-2-3-10)15-5-1-4-14(9-15)17-6-7-18-14/h10-12H,1-9H2. The molecule has 0 aromatic heterocycles. The van der Waals surface area contributed by atoms with Crippen molar-refractivity contribution in [2.75, 3.05) is 26.3 Å². The number of ether oxygens (including phenoxy) is 2. The summed E-state index contributed by atoms with van der Waals surface area (Å²) in [5.41, 5.74) is 0. The first kappa shape index (κ1) is 11.2. The molecule has 2 saturated carbocycles. The van der Waals surface area contributed by atoms with Gasteiger partial charge in [0.25, 0.3) is 0 Å². The van der Waals surface area contributed by atoms with Crippen molar-refractivity contribution in [2.45, 2.75) is 37.9 Å². The van der Waals surface area contributed by atoms with Crippen LogP contribution in [0.15, 0.2) is 0 Å². The van der Waals surface area contributed by atoms with Crippen molar-refractivity contribution < 1.29 is 14.3 Å². The molecule has 1 spiro atoms. The van der Waals surface area contributed by atoms with Gasteiger partial charge >= 0.3 is 0 Å². The molecule has 4 fully saturated rings. The minimum Gasteiger partial charge on any atom is -0.346 e. The van der Waals surface area contributed by atoms with Gasteiger partial charge in [0, 0.05) is 18.9 Å². The molecule has 4 rings (SSSR count). The van der Waals surface area contributed by atoms with Crippen LogP contribution in [0.4, 0.5) is 0 Å². The van der Waals surface area contributed by atoms with E-state index in [-0.39, 0.29) is 0 Å². The maximum absolute atomic E-state index is 12.5. The second-order valence-electron chi connectivity index (χ2n) is 6.31. The average Bonchev–Trinajstić information content (AvgIpc) is 3.27. The summed E-state index contributed by atoms with van der Waals surface area (Å²) in [7, 11) is 0. The molecule has 0 N–H and O–H groups in total. The zero-order valence-corrected chi connectivity index (χ0v) is 10.8. The fraction of sp³-hybridized carbons (Fsp3) is 0.929. The van der Waals surface area contributed by atoms with Gasteiger partial charge in [0.2, 0.25) is 5.91 Å². The molecule has 2 saturated heterocycles. The summed E-state index contributed by atoms with van der Waals surface area (Å²) in [4.78, 5) is 14.5. The van der Waals surface area contributed by atoms with Gasteiger partial charge in [0.15, 0.2) is 5.79 Å². The summed E-state index contributed by atoms with van der Waals surface area (Å²) in [5.74, 6) is 1.81. The van der Waals surface area contributed by atoms with Crippen LogP contribution >= 0.6 is 0 Å². The number of carbonyl (C=O) groups is 1. The highest BCUT2D eigenvalue weighted by Gasteiger charge is 2.53. The zero-order chi connectivity index (χ0) is 12.2.